The first-order valence-electron chi connectivity index (χ1n) is 12.3. The zero-order valence-corrected chi connectivity index (χ0v) is 20.7. The maximum atomic E-state index is 14.0. The van der Waals surface area contributed by atoms with Gasteiger partial charge >= 0.3 is 0 Å². The molecular weight excluding hydrogens is 510 g/mol. The molecule has 0 aromatic heterocycles. The second kappa shape index (κ2) is 8.21. The van der Waals surface area contributed by atoms with Crippen molar-refractivity contribution in [1.82, 2.24) is 10.2 Å². The number of nitrogens with zero attached hydrogens (tertiary/aromatic N) is 1. The molecule has 10 heteroatoms. The first kappa shape index (κ1) is 23.1. The number of rotatable bonds is 4. The van der Waals surface area contributed by atoms with Crippen LogP contribution in [0.15, 0.2) is 60.7 Å². The van der Waals surface area contributed by atoms with Crippen LogP contribution in [-0.4, -0.2) is 40.6 Å². The van der Waals surface area contributed by atoms with E-state index in [-0.39, 0.29) is 30.9 Å². The van der Waals surface area contributed by atoms with Crippen molar-refractivity contribution in [1.29, 1.82) is 0 Å². The number of phenols is 1. The summed E-state index contributed by atoms with van der Waals surface area (Å²) in [5, 5.41) is 16.4. The molecule has 9 nitrogen and oxygen atoms in total. The Kier molecular flexibility index (Phi) is 4.98. The Hall–Kier alpha value is -4.08. The van der Waals surface area contributed by atoms with E-state index >= 15 is 0 Å². The number of halogens is 1. The Morgan fingerprint density at radius 1 is 0.947 bits per heavy atom. The van der Waals surface area contributed by atoms with Gasteiger partial charge in [0, 0.05) is 22.3 Å². The molecular formula is C28H22ClN3O6. The maximum Gasteiger partial charge on any atom is 0.250 e. The summed E-state index contributed by atoms with van der Waals surface area (Å²) in [7, 11) is 0. The second-order valence-electron chi connectivity index (χ2n) is 10.0. The van der Waals surface area contributed by atoms with Crippen LogP contribution < -0.4 is 20.1 Å². The fourth-order valence-electron chi connectivity index (χ4n) is 6.27. The number of hydrogen-bond acceptors (Lipinski definition) is 7. The van der Waals surface area contributed by atoms with Crippen LogP contribution in [0.5, 0.6) is 17.2 Å². The average Bonchev–Trinajstić information content (AvgIpc) is 3.63. The highest BCUT2D eigenvalue weighted by atomic mass is 35.5. The number of benzene rings is 3. The summed E-state index contributed by atoms with van der Waals surface area (Å²) in [6.07, 6.45) is 0.378. The monoisotopic (exact) mass is 531 g/mol. The maximum absolute atomic E-state index is 14.0. The Morgan fingerprint density at radius 3 is 2.53 bits per heavy atom. The third kappa shape index (κ3) is 3.25. The van der Waals surface area contributed by atoms with E-state index in [2.05, 4.69) is 10.6 Å². The van der Waals surface area contributed by atoms with Gasteiger partial charge in [0.1, 0.15) is 11.3 Å². The quantitative estimate of drug-likeness (QED) is 0.443. The molecule has 4 aliphatic rings. The van der Waals surface area contributed by atoms with Crippen LogP contribution in [0.1, 0.15) is 16.7 Å². The van der Waals surface area contributed by atoms with Gasteiger partial charge in [0.2, 0.25) is 24.5 Å². The molecule has 0 bridgehead atoms. The fraction of sp³-hybridized carbons (Fsp3) is 0.250. The first-order chi connectivity index (χ1) is 18.3. The molecule has 2 fully saturated rings. The summed E-state index contributed by atoms with van der Waals surface area (Å²) in [5.41, 5.74) is 1.25. The first-order valence-corrected chi connectivity index (χ1v) is 12.6. The molecule has 0 radical (unpaired) electrons. The molecule has 3 aromatic carbocycles. The lowest BCUT2D eigenvalue weighted by Crippen LogP contribution is -2.53. The molecule has 1 spiro atoms. The Balaban J connectivity index is 1.30. The van der Waals surface area contributed by atoms with E-state index in [4.69, 9.17) is 21.1 Å². The number of amides is 3. The van der Waals surface area contributed by atoms with Gasteiger partial charge in [0.15, 0.2) is 11.5 Å². The van der Waals surface area contributed by atoms with Gasteiger partial charge in [-0.05, 0) is 60.0 Å². The lowest BCUT2D eigenvalue weighted by Gasteiger charge is -2.29. The van der Waals surface area contributed by atoms with Gasteiger partial charge in [-0.1, -0.05) is 29.8 Å². The van der Waals surface area contributed by atoms with Crippen molar-refractivity contribution >= 4 is 35.0 Å². The molecule has 3 amide bonds. The van der Waals surface area contributed by atoms with E-state index in [0.29, 0.717) is 39.8 Å². The molecule has 0 aliphatic carbocycles. The van der Waals surface area contributed by atoms with Gasteiger partial charge in [-0.2, -0.15) is 0 Å². The molecule has 0 unspecified atom stereocenters. The average molecular weight is 532 g/mol. The molecule has 3 N–H and O–H groups in total. The van der Waals surface area contributed by atoms with Crippen molar-refractivity contribution in [2.45, 2.75) is 24.5 Å². The van der Waals surface area contributed by atoms with E-state index < -0.39 is 29.3 Å². The van der Waals surface area contributed by atoms with E-state index in [1.807, 2.05) is 0 Å². The van der Waals surface area contributed by atoms with E-state index in [0.717, 1.165) is 5.56 Å². The van der Waals surface area contributed by atoms with Crippen LogP contribution in [0.4, 0.5) is 5.69 Å². The van der Waals surface area contributed by atoms with Crippen LogP contribution in [0.3, 0.4) is 0 Å². The van der Waals surface area contributed by atoms with Crippen molar-refractivity contribution in [3.05, 3.63) is 82.4 Å². The zero-order valence-electron chi connectivity index (χ0n) is 19.9. The zero-order chi connectivity index (χ0) is 26.2. The number of carbonyl (C=O) groups is 3. The second-order valence-corrected chi connectivity index (χ2v) is 10.5. The Bertz CT molecular complexity index is 1530. The number of aromatic hydroxyl groups is 1. The molecule has 4 aliphatic heterocycles. The van der Waals surface area contributed by atoms with Crippen molar-refractivity contribution in [2.24, 2.45) is 11.8 Å². The Morgan fingerprint density at radius 2 is 1.71 bits per heavy atom. The Labute approximate surface area is 222 Å². The summed E-state index contributed by atoms with van der Waals surface area (Å²) in [6.45, 7) is 0.169. The van der Waals surface area contributed by atoms with Crippen molar-refractivity contribution in [3.8, 4) is 17.2 Å². The van der Waals surface area contributed by atoms with Gasteiger partial charge in [-0.15, -0.1) is 0 Å². The van der Waals surface area contributed by atoms with Gasteiger partial charge in [0.25, 0.3) is 0 Å². The van der Waals surface area contributed by atoms with Crippen LogP contribution in [0, 0.1) is 11.8 Å². The predicted octanol–water partition coefficient (Wildman–Crippen LogP) is 2.94. The molecule has 4 heterocycles. The third-order valence-corrected chi connectivity index (χ3v) is 8.17. The lowest BCUT2D eigenvalue weighted by molar-refractivity contribution is -0.143. The normalized spacial score (nSPS) is 26.7. The summed E-state index contributed by atoms with van der Waals surface area (Å²) >= 11 is 6.33. The standard InChI is InChI=1S/C28H22ClN3O6/c29-16-4-7-19-18(11-16)28(27(36)30-19)24-23(20(31-28)9-14-1-5-17(33)6-2-14)25(34)32(26(24)35)12-15-3-8-21-22(10-15)38-13-37-21/h1-8,10-11,20,23-24,31,33H,9,12-13H2,(H,30,36)/t20-,23+,24-,28+/m0/s1. The molecule has 4 atom stereocenters. The van der Waals surface area contributed by atoms with Crippen LogP contribution >= 0.6 is 11.6 Å². The van der Waals surface area contributed by atoms with Crippen LogP contribution in [0.25, 0.3) is 0 Å². The summed E-state index contributed by atoms with van der Waals surface area (Å²) in [5.74, 6) is -1.57. The van der Waals surface area contributed by atoms with Gasteiger partial charge in [0.05, 0.1) is 18.4 Å². The number of nitrogens with one attached hydrogen (secondary N) is 2. The highest BCUT2D eigenvalue weighted by molar-refractivity contribution is 6.31. The van der Waals surface area contributed by atoms with Crippen molar-refractivity contribution in [3.63, 3.8) is 0 Å². The lowest BCUT2D eigenvalue weighted by atomic mass is 9.76. The number of carbonyl (C=O) groups excluding carboxylic acids is 3. The summed E-state index contributed by atoms with van der Waals surface area (Å²) in [4.78, 5) is 42.8. The summed E-state index contributed by atoms with van der Waals surface area (Å²) in [6, 6.07) is 16.5. The predicted molar refractivity (Wildman–Crippen MR) is 136 cm³/mol. The van der Waals surface area contributed by atoms with Gasteiger partial charge in [-0.25, -0.2) is 0 Å². The minimum Gasteiger partial charge on any atom is -0.508 e. The highest BCUT2D eigenvalue weighted by Gasteiger charge is 2.70. The topological polar surface area (TPSA) is 117 Å². The minimum atomic E-state index is -1.44. The van der Waals surface area contributed by atoms with Crippen LogP contribution in [-0.2, 0) is 32.9 Å². The van der Waals surface area contributed by atoms with Crippen LogP contribution in [0.2, 0.25) is 5.02 Å². The fourth-order valence-corrected chi connectivity index (χ4v) is 6.44. The van der Waals surface area contributed by atoms with E-state index in [1.54, 1.807) is 60.7 Å². The molecule has 0 saturated carbocycles. The van der Waals surface area contributed by atoms with Gasteiger partial charge in [-0.3, -0.25) is 24.6 Å². The van der Waals surface area contributed by atoms with Crippen molar-refractivity contribution in [2.75, 3.05) is 12.1 Å². The van der Waals surface area contributed by atoms with E-state index in [9.17, 15) is 19.5 Å². The number of likely N-dealkylation sites (tertiary alicyclic amines) is 1. The molecule has 38 heavy (non-hydrogen) atoms. The highest BCUT2D eigenvalue weighted by Crippen LogP contribution is 2.54. The van der Waals surface area contributed by atoms with Crippen molar-refractivity contribution < 1.29 is 29.0 Å². The SMILES string of the molecule is O=C1[C@@H]2[C@H](Cc3ccc(O)cc3)N[C@@]3(C(=O)Nc4ccc(Cl)cc43)[C@@H]2C(=O)N1Cc1ccc2c(c1)OCO2. The number of fused-ring (bicyclic) bond motifs is 5. The van der Waals surface area contributed by atoms with Gasteiger partial charge < -0.3 is 19.9 Å². The van der Waals surface area contributed by atoms with E-state index in [1.165, 1.54) is 4.90 Å². The third-order valence-electron chi connectivity index (χ3n) is 7.94. The number of imide groups is 1. The number of anilines is 1. The number of hydrogen-bond donors (Lipinski definition) is 3. The smallest absolute Gasteiger partial charge is 0.250 e. The number of ether oxygens (including phenoxy) is 2. The molecule has 3 aromatic rings. The molecule has 192 valence electrons. The largest absolute Gasteiger partial charge is 0.508 e. The number of phenolic OH excluding ortho intramolecular Hbond substituents is 1. The summed E-state index contributed by atoms with van der Waals surface area (Å²) < 4.78 is 10.8. The molecule has 7 rings (SSSR count). The molecule has 2 saturated heterocycles. The minimum absolute atomic E-state index is 0.0489.